The van der Waals surface area contributed by atoms with Gasteiger partial charge in [-0.2, -0.15) is 5.26 Å². The lowest BCUT2D eigenvalue weighted by Crippen LogP contribution is -2.15. The SMILES string of the molecule is N#CC(O)C(O)c1cccc(CCO)c1. The van der Waals surface area contributed by atoms with Gasteiger partial charge < -0.3 is 15.3 Å². The summed E-state index contributed by atoms with van der Waals surface area (Å²) in [5.41, 5.74) is 1.34. The standard InChI is InChI=1S/C11H13NO3/c12-7-10(14)11(15)9-3-1-2-8(6-9)4-5-13/h1-3,6,10-11,13-15H,4-5H2. The second-order valence-electron chi connectivity index (χ2n) is 3.24. The van der Waals surface area contributed by atoms with Gasteiger partial charge in [0.15, 0.2) is 6.10 Å². The molecule has 2 unspecified atom stereocenters. The molecular weight excluding hydrogens is 194 g/mol. The zero-order valence-electron chi connectivity index (χ0n) is 8.17. The van der Waals surface area contributed by atoms with E-state index in [-0.39, 0.29) is 6.61 Å². The first-order chi connectivity index (χ1) is 7.19. The van der Waals surface area contributed by atoms with Crippen molar-refractivity contribution in [2.24, 2.45) is 0 Å². The molecule has 0 aliphatic heterocycles. The maximum atomic E-state index is 9.55. The molecule has 0 radical (unpaired) electrons. The monoisotopic (exact) mass is 207 g/mol. The van der Waals surface area contributed by atoms with Gasteiger partial charge in [-0.3, -0.25) is 0 Å². The maximum absolute atomic E-state index is 9.55. The first kappa shape index (κ1) is 11.7. The lowest BCUT2D eigenvalue weighted by atomic mass is 10.0. The molecule has 4 heteroatoms. The highest BCUT2D eigenvalue weighted by Gasteiger charge is 2.17. The number of aliphatic hydroxyl groups is 3. The highest BCUT2D eigenvalue weighted by molar-refractivity contribution is 5.26. The van der Waals surface area contributed by atoms with Crippen molar-refractivity contribution in [1.82, 2.24) is 0 Å². The number of nitrogens with zero attached hydrogens (tertiary/aromatic N) is 1. The average Bonchev–Trinajstić information content (AvgIpc) is 2.28. The Morgan fingerprint density at radius 2 is 2.07 bits per heavy atom. The number of benzene rings is 1. The van der Waals surface area contributed by atoms with Crippen molar-refractivity contribution in [2.45, 2.75) is 18.6 Å². The number of hydrogen-bond acceptors (Lipinski definition) is 4. The predicted octanol–water partition coefficient (Wildman–Crippen LogP) is 0.139. The van der Waals surface area contributed by atoms with Crippen LogP contribution in [0, 0.1) is 11.3 Å². The fourth-order valence-corrected chi connectivity index (χ4v) is 1.31. The van der Waals surface area contributed by atoms with Crippen LogP contribution in [0.3, 0.4) is 0 Å². The van der Waals surface area contributed by atoms with Crippen molar-refractivity contribution in [3.8, 4) is 6.07 Å². The number of aliphatic hydroxyl groups excluding tert-OH is 3. The van der Waals surface area contributed by atoms with Gasteiger partial charge in [0.05, 0.1) is 6.07 Å². The summed E-state index contributed by atoms with van der Waals surface area (Å²) in [7, 11) is 0. The highest BCUT2D eigenvalue weighted by Crippen LogP contribution is 2.18. The highest BCUT2D eigenvalue weighted by atomic mass is 16.3. The molecule has 0 bridgehead atoms. The van der Waals surface area contributed by atoms with Crippen molar-refractivity contribution in [2.75, 3.05) is 6.61 Å². The van der Waals surface area contributed by atoms with Crippen molar-refractivity contribution in [3.63, 3.8) is 0 Å². The molecule has 0 saturated heterocycles. The molecule has 0 spiro atoms. The average molecular weight is 207 g/mol. The molecule has 4 nitrogen and oxygen atoms in total. The molecule has 80 valence electrons. The molecule has 0 fully saturated rings. The van der Waals surface area contributed by atoms with E-state index in [1.807, 2.05) is 6.07 Å². The first-order valence-corrected chi connectivity index (χ1v) is 4.64. The maximum Gasteiger partial charge on any atom is 0.170 e. The van der Waals surface area contributed by atoms with E-state index in [2.05, 4.69) is 0 Å². The van der Waals surface area contributed by atoms with Crippen LogP contribution in [-0.4, -0.2) is 28.0 Å². The van der Waals surface area contributed by atoms with Crippen LogP contribution in [0.4, 0.5) is 0 Å². The summed E-state index contributed by atoms with van der Waals surface area (Å²) in [5.74, 6) is 0. The molecule has 0 saturated carbocycles. The summed E-state index contributed by atoms with van der Waals surface area (Å²) >= 11 is 0. The number of nitriles is 1. The largest absolute Gasteiger partial charge is 0.396 e. The predicted molar refractivity (Wildman–Crippen MR) is 53.8 cm³/mol. The molecule has 0 aliphatic rings. The molecule has 1 aromatic carbocycles. The van der Waals surface area contributed by atoms with Gasteiger partial charge in [-0.25, -0.2) is 0 Å². The van der Waals surface area contributed by atoms with Crippen LogP contribution in [0.2, 0.25) is 0 Å². The Hall–Kier alpha value is -1.41. The molecule has 3 N–H and O–H groups in total. The Labute approximate surface area is 88.0 Å². The number of hydrogen-bond donors (Lipinski definition) is 3. The molecule has 2 atom stereocenters. The van der Waals surface area contributed by atoms with Crippen LogP contribution in [0.5, 0.6) is 0 Å². The molecular formula is C11H13NO3. The summed E-state index contributed by atoms with van der Waals surface area (Å²) in [4.78, 5) is 0. The molecule has 0 heterocycles. The third-order valence-electron chi connectivity index (χ3n) is 2.12. The minimum absolute atomic E-state index is 0.0281. The smallest absolute Gasteiger partial charge is 0.170 e. The fraction of sp³-hybridized carbons (Fsp3) is 0.364. The van der Waals surface area contributed by atoms with Crippen LogP contribution in [0.15, 0.2) is 24.3 Å². The number of rotatable bonds is 4. The molecule has 0 aliphatic carbocycles. The van der Waals surface area contributed by atoms with E-state index in [4.69, 9.17) is 15.5 Å². The van der Waals surface area contributed by atoms with Crippen molar-refractivity contribution in [1.29, 1.82) is 5.26 Å². The Bertz CT molecular complexity index is 359. The van der Waals surface area contributed by atoms with E-state index in [0.717, 1.165) is 5.56 Å². The van der Waals surface area contributed by atoms with Crippen LogP contribution < -0.4 is 0 Å². The lowest BCUT2D eigenvalue weighted by Gasteiger charge is -2.12. The van der Waals surface area contributed by atoms with E-state index >= 15 is 0 Å². The zero-order valence-corrected chi connectivity index (χ0v) is 8.17. The normalized spacial score (nSPS) is 14.3. The summed E-state index contributed by atoms with van der Waals surface area (Å²) in [5, 5.41) is 35.9. The van der Waals surface area contributed by atoms with E-state index in [1.165, 1.54) is 0 Å². The zero-order chi connectivity index (χ0) is 11.3. The Kier molecular flexibility index (Phi) is 4.25. The summed E-state index contributed by atoms with van der Waals surface area (Å²) in [6.45, 7) is 0.0281. The van der Waals surface area contributed by atoms with Gasteiger partial charge in [0.1, 0.15) is 6.10 Å². The van der Waals surface area contributed by atoms with Gasteiger partial charge in [-0.1, -0.05) is 24.3 Å². The van der Waals surface area contributed by atoms with Gasteiger partial charge in [-0.05, 0) is 17.5 Å². The molecule has 0 aromatic heterocycles. The quantitative estimate of drug-likeness (QED) is 0.613. The third kappa shape index (κ3) is 3.03. The van der Waals surface area contributed by atoms with Crippen LogP contribution >= 0.6 is 0 Å². The molecule has 1 aromatic rings. The minimum Gasteiger partial charge on any atom is -0.396 e. The van der Waals surface area contributed by atoms with E-state index < -0.39 is 12.2 Å². The summed E-state index contributed by atoms with van der Waals surface area (Å²) in [6.07, 6.45) is -2.13. The summed E-state index contributed by atoms with van der Waals surface area (Å²) < 4.78 is 0. The van der Waals surface area contributed by atoms with Crippen LogP contribution in [-0.2, 0) is 6.42 Å². The van der Waals surface area contributed by atoms with Crippen molar-refractivity contribution in [3.05, 3.63) is 35.4 Å². The van der Waals surface area contributed by atoms with Crippen molar-refractivity contribution < 1.29 is 15.3 Å². The molecule has 0 amide bonds. The molecule has 15 heavy (non-hydrogen) atoms. The fourth-order valence-electron chi connectivity index (χ4n) is 1.31. The topological polar surface area (TPSA) is 84.5 Å². The summed E-state index contributed by atoms with van der Waals surface area (Å²) in [6, 6.07) is 8.40. The van der Waals surface area contributed by atoms with Gasteiger partial charge >= 0.3 is 0 Å². The van der Waals surface area contributed by atoms with E-state index in [1.54, 1.807) is 24.3 Å². The van der Waals surface area contributed by atoms with Gasteiger partial charge in [0.25, 0.3) is 0 Å². The van der Waals surface area contributed by atoms with Crippen LogP contribution in [0.25, 0.3) is 0 Å². The van der Waals surface area contributed by atoms with Gasteiger partial charge in [-0.15, -0.1) is 0 Å². The Morgan fingerprint density at radius 1 is 1.33 bits per heavy atom. The first-order valence-electron chi connectivity index (χ1n) is 4.64. The Morgan fingerprint density at radius 3 is 2.67 bits per heavy atom. The minimum atomic E-state index is -1.42. The van der Waals surface area contributed by atoms with E-state index in [9.17, 15) is 5.11 Å². The van der Waals surface area contributed by atoms with E-state index in [0.29, 0.717) is 12.0 Å². The van der Waals surface area contributed by atoms with Gasteiger partial charge in [0.2, 0.25) is 0 Å². The lowest BCUT2D eigenvalue weighted by molar-refractivity contribution is 0.0527. The second-order valence-corrected chi connectivity index (χ2v) is 3.24. The van der Waals surface area contributed by atoms with Crippen LogP contribution in [0.1, 0.15) is 17.2 Å². The second kappa shape index (κ2) is 5.47. The molecule has 1 rings (SSSR count). The third-order valence-corrected chi connectivity index (χ3v) is 2.12. The van der Waals surface area contributed by atoms with Gasteiger partial charge in [0, 0.05) is 6.61 Å². The Balaban J connectivity index is 2.85. The van der Waals surface area contributed by atoms with Crippen molar-refractivity contribution >= 4 is 0 Å².